The van der Waals surface area contributed by atoms with Gasteiger partial charge in [0.05, 0.1) is 0 Å². The van der Waals surface area contributed by atoms with E-state index in [1.807, 2.05) is 0 Å². The quantitative estimate of drug-likeness (QED) is 0.643. The van der Waals surface area contributed by atoms with E-state index in [0.717, 1.165) is 6.54 Å². The first-order chi connectivity index (χ1) is 5.25. The van der Waals surface area contributed by atoms with Crippen molar-refractivity contribution in [3.8, 4) is 0 Å². The maximum absolute atomic E-state index is 3.48. The topological polar surface area (TPSA) is 15.3 Å². The molecule has 2 heteroatoms. The lowest BCUT2D eigenvalue weighted by atomic mass is 10.1. The van der Waals surface area contributed by atoms with Crippen molar-refractivity contribution in [2.24, 2.45) is 0 Å². The molecule has 0 spiro atoms. The Bertz CT molecular complexity index is 112. The average molecular weight is 156 g/mol. The third kappa shape index (κ3) is 2.17. The molecule has 0 amide bonds. The van der Waals surface area contributed by atoms with Crippen LogP contribution in [0.25, 0.3) is 0 Å². The lowest BCUT2D eigenvalue weighted by Crippen LogP contribution is -2.55. The summed E-state index contributed by atoms with van der Waals surface area (Å²) < 4.78 is 0. The van der Waals surface area contributed by atoms with Gasteiger partial charge in [-0.3, -0.25) is 4.90 Å². The van der Waals surface area contributed by atoms with Gasteiger partial charge in [0.15, 0.2) is 0 Å². The maximum atomic E-state index is 3.48. The molecular weight excluding hydrogens is 136 g/mol. The van der Waals surface area contributed by atoms with Crippen LogP contribution in [0.4, 0.5) is 0 Å². The summed E-state index contributed by atoms with van der Waals surface area (Å²) in [4.78, 5) is 2.57. The third-order valence-electron chi connectivity index (χ3n) is 2.68. The van der Waals surface area contributed by atoms with E-state index >= 15 is 0 Å². The predicted molar refractivity (Wildman–Crippen MR) is 48.8 cm³/mol. The van der Waals surface area contributed by atoms with E-state index in [-0.39, 0.29) is 0 Å². The first-order valence-corrected chi connectivity index (χ1v) is 4.73. The number of hydrogen-bond acceptors (Lipinski definition) is 2. The van der Waals surface area contributed by atoms with E-state index in [9.17, 15) is 0 Å². The van der Waals surface area contributed by atoms with Crippen LogP contribution in [0.3, 0.4) is 0 Å². The Balaban J connectivity index is 2.38. The number of piperazine rings is 1. The van der Waals surface area contributed by atoms with Crippen LogP contribution in [-0.2, 0) is 0 Å². The summed E-state index contributed by atoms with van der Waals surface area (Å²) >= 11 is 0. The Kier molecular flexibility index (Phi) is 3.34. The average Bonchev–Trinajstić information content (AvgIpc) is 1.99. The summed E-state index contributed by atoms with van der Waals surface area (Å²) in [7, 11) is 0. The molecule has 1 fully saturated rings. The number of nitrogens with zero attached hydrogens (tertiary/aromatic N) is 1. The van der Waals surface area contributed by atoms with Gasteiger partial charge >= 0.3 is 0 Å². The Labute approximate surface area is 70.0 Å². The summed E-state index contributed by atoms with van der Waals surface area (Å²) in [5.41, 5.74) is 0. The van der Waals surface area contributed by atoms with Crippen LogP contribution < -0.4 is 5.32 Å². The highest BCUT2D eigenvalue weighted by Crippen LogP contribution is 2.08. The van der Waals surface area contributed by atoms with Crippen molar-refractivity contribution >= 4 is 0 Å². The van der Waals surface area contributed by atoms with Crippen molar-refractivity contribution < 1.29 is 0 Å². The molecule has 2 unspecified atom stereocenters. The molecule has 1 saturated heterocycles. The second-order valence-corrected chi connectivity index (χ2v) is 3.52. The molecule has 0 saturated carbocycles. The van der Waals surface area contributed by atoms with Gasteiger partial charge in [-0.1, -0.05) is 6.92 Å². The van der Waals surface area contributed by atoms with Gasteiger partial charge in [-0.2, -0.15) is 0 Å². The molecule has 0 aromatic heterocycles. The molecule has 1 rings (SSSR count). The minimum Gasteiger partial charge on any atom is -0.311 e. The molecule has 0 bridgehead atoms. The summed E-state index contributed by atoms with van der Waals surface area (Å²) in [6.07, 6.45) is 1.27. The van der Waals surface area contributed by atoms with Crippen LogP contribution >= 0.6 is 0 Å². The van der Waals surface area contributed by atoms with Gasteiger partial charge in [0.1, 0.15) is 0 Å². The van der Waals surface area contributed by atoms with E-state index in [1.165, 1.54) is 19.5 Å². The minimum absolute atomic E-state index is 0.662. The van der Waals surface area contributed by atoms with Gasteiger partial charge in [0.25, 0.3) is 0 Å². The molecule has 2 atom stereocenters. The molecule has 1 heterocycles. The number of rotatable bonds is 2. The first kappa shape index (κ1) is 9.01. The molecule has 1 aliphatic rings. The van der Waals surface area contributed by atoms with Gasteiger partial charge in [0, 0.05) is 25.2 Å². The molecule has 1 aliphatic heterocycles. The molecule has 0 aromatic rings. The zero-order valence-corrected chi connectivity index (χ0v) is 7.93. The number of nitrogens with one attached hydrogen (secondary N) is 1. The lowest BCUT2D eigenvalue weighted by molar-refractivity contribution is 0.139. The number of hydrogen-bond donors (Lipinski definition) is 1. The van der Waals surface area contributed by atoms with Crippen LogP contribution in [0.2, 0.25) is 0 Å². The maximum Gasteiger partial charge on any atom is 0.0218 e. The molecule has 0 aliphatic carbocycles. The molecule has 0 radical (unpaired) electrons. The molecular formula is C9H20N2. The smallest absolute Gasteiger partial charge is 0.0218 e. The standard InChI is InChI=1S/C9H20N2/c1-4-6-11-7-5-10-8(2)9(11)3/h8-10H,4-7H2,1-3H3. The Hall–Kier alpha value is -0.0800. The summed E-state index contributed by atoms with van der Waals surface area (Å²) in [5, 5.41) is 3.48. The first-order valence-electron chi connectivity index (χ1n) is 4.73. The molecule has 2 nitrogen and oxygen atoms in total. The van der Waals surface area contributed by atoms with Gasteiger partial charge in [-0.25, -0.2) is 0 Å². The lowest BCUT2D eigenvalue weighted by Gasteiger charge is -2.38. The van der Waals surface area contributed by atoms with Gasteiger partial charge in [0.2, 0.25) is 0 Å². The van der Waals surface area contributed by atoms with Gasteiger partial charge < -0.3 is 5.32 Å². The summed E-state index contributed by atoms with van der Waals surface area (Å²) in [6, 6.07) is 1.37. The molecule has 1 N–H and O–H groups in total. The second kappa shape index (κ2) is 4.07. The van der Waals surface area contributed by atoms with Gasteiger partial charge in [-0.15, -0.1) is 0 Å². The largest absolute Gasteiger partial charge is 0.311 e. The molecule has 66 valence electrons. The van der Waals surface area contributed by atoms with Crippen molar-refractivity contribution in [1.29, 1.82) is 0 Å². The van der Waals surface area contributed by atoms with E-state index in [0.29, 0.717) is 12.1 Å². The second-order valence-electron chi connectivity index (χ2n) is 3.52. The minimum atomic E-state index is 0.662. The van der Waals surface area contributed by atoms with Crippen LogP contribution in [-0.4, -0.2) is 36.6 Å². The fourth-order valence-corrected chi connectivity index (χ4v) is 1.73. The Morgan fingerprint density at radius 3 is 2.82 bits per heavy atom. The van der Waals surface area contributed by atoms with Gasteiger partial charge in [-0.05, 0) is 26.8 Å². The monoisotopic (exact) mass is 156 g/mol. The van der Waals surface area contributed by atoms with E-state index < -0.39 is 0 Å². The predicted octanol–water partition coefficient (Wildman–Crippen LogP) is 1.08. The van der Waals surface area contributed by atoms with Crippen molar-refractivity contribution in [2.45, 2.75) is 39.3 Å². The highest BCUT2D eigenvalue weighted by Gasteiger charge is 2.22. The normalized spacial score (nSPS) is 34.1. The fourth-order valence-electron chi connectivity index (χ4n) is 1.73. The fraction of sp³-hybridized carbons (Fsp3) is 1.00. The zero-order valence-electron chi connectivity index (χ0n) is 7.93. The van der Waals surface area contributed by atoms with Crippen LogP contribution in [0, 0.1) is 0 Å². The van der Waals surface area contributed by atoms with Crippen molar-refractivity contribution in [2.75, 3.05) is 19.6 Å². The van der Waals surface area contributed by atoms with E-state index in [4.69, 9.17) is 0 Å². The Morgan fingerprint density at radius 1 is 1.45 bits per heavy atom. The van der Waals surface area contributed by atoms with E-state index in [1.54, 1.807) is 0 Å². The highest BCUT2D eigenvalue weighted by atomic mass is 15.2. The van der Waals surface area contributed by atoms with Crippen molar-refractivity contribution in [3.63, 3.8) is 0 Å². The van der Waals surface area contributed by atoms with Crippen molar-refractivity contribution in [3.05, 3.63) is 0 Å². The SMILES string of the molecule is CCCN1CCNC(C)C1C. The third-order valence-corrected chi connectivity index (χ3v) is 2.68. The van der Waals surface area contributed by atoms with E-state index in [2.05, 4.69) is 31.0 Å². The van der Waals surface area contributed by atoms with Crippen LogP contribution in [0.1, 0.15) is 27.2 Å². The van der Waals surface area contributed by atoms with Crippen LogP contribution in [0.5, 0.6) is 0 Å². The molecule has 0 aromatic carbocycles. The summed E-state index contributed by atoms with van der Waals surface area (Å²) in [5.74, 6) is 0. The molecule has 11 heavy (non-hydrogen) atoms. The zero-order chi connectivity index (χ0) is 8.27. The summed E-state index contributed by atoms with van der Waals surface area (Å²) in [6.45, 7) is 10.5. The van der Waals surface area contributed by atoms with Crippen LogP contribution in [0.15, 0.2) is 0 Å². The highest BCUT2D eigenvalue weighted by molar-refractivity contribution is 4.82. The van der Waals surface area contributed by atoms with Crippen molar-refractivity contribution in [1.82, 2.24) is 10.2 Å². The Morgan fingerprint density at radius 2 is 2.18 bits per heavy atom.